The molecule has 0 N–H and O–H groups in total. The maximum absolute atomic E-state index is 14.5. The molecule has 2 bridgehead atoms. The van der Waals surface area contributed by atoms with Crippen molar-refractivity contribution in [3.63, 3.8) is 0 Å². The van der Waals surface area contributed by atoms with Crippen LogP contribution in [0.15, 0.2) is 91.0 Å². The van der Waals surface area contributed by atoms with Crippen molar-refractivity contribution in [2.45, 2.75) is 9.62 Å². The number of para-hydroxylation sites is 1. The first-order chi connectivity index (χ1) is 16.5. The highest BCUT2D eigenvalue weighted by Gasteiger charge is 2.80. The predicted molar refractivity (Wildman–Crippen MR) is 129 cm³/mol. The van der Waals surface area contributed by atoms with Gasteiger partial charge in [0.25, 0.3) is 0 Å². The van der Waals surface area contributed by atoms with Crippen LogP contribution in [0.4, 0.5) is 5.69 Å². The van der Waals surface area contributed by atoms with Crippen LogP contribution in [0.1, 0.15) is 11.1 Å². The highest BCUT2D eigenvalue weighted by Crippen LogP contribution is 2.74. The van der Waals surface area contributed by atoms with Gasteiger partial charge in [0.15, 0.2) is 0 Å². The molecule has 3 aromatic rings. The highest BCUT2D eigenvalue weighted by molar-refractivity contribution is 8.03. The van der Waals surface area contributed by atoms with E-state index in [0.717, 1.165) is 5.56 Å². The molecular formula is C27H23NO5S. The molecule has 2 aliphatic rings. The zero-order valence-corrected chi connectivity index (χ0v) is 19.5. The van der Waals surface area contributed by atoms with E-state index in [1.165, 1.54) is 26.0 Å². The summed E-state index contributed by atoms with van der Waals surface area (Å²) in [5, 5.41) is 0. The van der Waals surface area contributed by atoms with E-state index in [4.69, 9.17) is 9.47 Å². The topological polar surface area (TPSA) is 72.9 Å². The Morgan fingerprint density at radius 2 is 1.21 bits per heavy atom. The van der Waals surface area contributed by atoms with Crippen LogP contribution in [0.2, 0.25) is 0 Å². The summed E-state index contributed by atoms with van der Waals surface area (Å²) >= 11 is 1.32. The van der Waals surface area contributed by atoms with Crippen LogP contribution in [-0.4, -0.2) is 32.1 Å². The van der Waals surface area contributed by atoms with E-state index >= 15 is 0 Å². The molecule has 0 radical (unpaired) electrons. The molecule has 2 aliphatic heterocycles. The maximum atomic E-state index is 14.5. The lowest BCUT2D eigenvalue weighted by molar-refractivity contribution is -0.163. The fourth-order valence-corrected chi connectivity index (χ4v) is 7.52. The molecule has 7 heteroatoms. The Kier molecular flexibility index (Phi) is 5.44. The van der Waals surface area contributed by atoms with Crippen LogP contribution >= 0.6 is 11.8 Å². The Hall–Kier alpha value is -3.58. The van der Waals surface area contributed by atoms with E-state index in [-0.39, 0.29) is 5.91 Å². The summed E-state index contributed by atoms with van der Waals surface area (Å²) in [4.78, 5) is 41.8. The number of hydrogen-bond donors (Lipinski definition) is 0. The number of carbonyl (C=O) groups is 3. The van der Waals surface area contributed by atoms with Gasteiger partial charge in [0.1, 0.15) is 21.5 Å². The third kappa shape index (κ3) is 2.86. The summed E-state index contributed by atoms with van der Waals surface area (Å²) in [6.07, 6.45) is 0. The van der Waals surface area contributed by atoms with Gasteiger partial charge < -0.3 is 9.47 Å². The van der Waals surface area contributed by atoms with Gasteiger partial charge in [-0.05, 0) is 23.3 Å². The number of rotatable bonds is 5. The van der Waals surface area contributed by atoms with Crippen molar-refractivity contribution >= 4 is 35.3 Å². The lowest BCUT2D eigenvalue weighted by Crippen LogP contribution is -2.61. The molecule has 0 aliphatic carbocycles. The van der Waals surface area contributed by atoms with E-state index in [1.807, 2.05) is 91.0 Å². The molecule has 2 saturated heterocycles. The van der Waals surface area contributed by atoms with Gasteiger partial charge in [0, 0.05) is 5.69 Å². The second-order valence-corrected chi connectivity index (χ2v) is 9.71. The second-order valence-electron chi connectivity index (χ2n) is 8.24. The lowest BCUT2D eigenvalue weighted by Gasteiger charge is -2.45. The molecular weight excluding hydrogens is 450 g/mol. The van der Waals surface area contributed by atoms with Crippen molar-refractivity contribution in [1.29, 1.82) is 0 Å². The Morgan fingerprint density at radius 3 is 1.74 bits per heavy atom. The zero-order valence-electron chi connectivity index (χ0n) is 18.7. The Bertz CT molecular complexity index is 1240. The monoisotopic (exact) mass is 473 g/mol. The van der Waals surface area contributed by atoms with Gasteiger partial charge in [0.05, 0.1) is 14.2 Å². The Balaban J connectivity index is 1.89. The molecule has 5 rings (SSSR count). The largest absolute Gasteiger partial charge is 0.469 e. The number of anilines is 1. The normalized spacial score (nSPS) is 27.5. The first kappa shape index (κ1) is 22.2. The van der Waals surface area contributed by atoms with Crippen molar-refractivity contribution < 1.29 is 23.9 Å². The number of piperidine rings is 1. The fourth-order valence-electron chi connectivity index (χ4n) is 5.34. The number of ether oxygens (including phenoxy) is 2. The number of methoxy groups -OCH3 is 2. The molecule has 0 spiro atoms. The number of fused-ring (bicyclic) bond motifs is 2. The molecule has 6 nitrogen and oxygen atoms in total. The van der Waals surface area contributed by atoms with Crippen molar-refractivity contribution in [3.05, 3.63) is 102 Å². The molecule has 2 heterocycles. The van der Waals surface area contributed by atoms with Crippen LogP contribution in [0.3, 0.4) is 0 Å². The van der Waals surface area contributed by atoms with E-state index in [2.05, 4.69) is 0 Å². The molecule has 0 saturated carbocycles. The Morgan fingerprint density at radius 1 is 0.735 bits per heavy atom. The number of thioether (sulfide) groups is 1. The molecule has 34 heavy (non-hydrogen) atoms. The van der Waals surface area contributed by atoms with E-state index in [0.29, 0.717) is 11.3 Å². The van der Waals surface area contributed by atoms with Crippen LogP contribution in [-0.2, 0) is 33.5 Å². The Labute approximate surface area is 201 Å². The lowest BCUT2D eigenvalue weighted by atomic mass is 9.68. The first-order valence-electron chi connectivity index (χ1n) is 10.9. The van der Waals surface area contributed by atoms with Crippen molar-refractivity contribution in [1.82, 2.24) is 0 Å². The minimum absolute atomic E-state index is 0.269. The van der Waals surface area contributed by atoms with Crippen LogP contribution in [0.25, 0.3) is 0 Å². The molecule has 4 atom stereocenters. The fraction of sp³-hybridized carbons (Fsp3) is 0.222. The molecule has 0 aromatic heterocycles. The highest BCUT2D eigenvalue weighted by atomic mass is 32.2. The quantitative estimate of drug-likeness (QED) is 0.520. The first-order valence-corrected chi connectivity index (χ1v) is 11.7. The average Bonchev–Trinajstić information content (AvgIpc) is 3.37. The van der Waals surface area contributed by atoms with E-state index < -0.39 is 33.4 Å². The molecule has 0 unspecified atom stereocenters. The van der Waals surface area contributed by atoms with Crippen molar-refractivity contribution in [2.75, 3.05) is 19.1 Å². The van der Waals surface area contributed by atoms with E-state index in [9.17, 15) is 14.4 Å². The molecule has 2 fully saturated rings. The third-order valence-corrected chi connectivity index (χ3v) is 8.65. The summed E-state index contributed by atoms with van der Waals surface area (Å²) in [5.74, 6) is -3.54. The minimum atomic E-state index is -1.38. The van der Waals surface area contributed by atoms with Gasteiger partial charge in [0.2, 0.25) is 5.91 Å². The summed E-state index contributed by atoms with van der Waals surface area (Å²) in [5.41, 5.74) is 2.02. The number of hydrogen-bond acceptors (Lipinski definition) is 6. The molecule has 1 amide bonds. The number of amides is 1. The van der Waals surface area contributed by atoms with Gasteiger partial charge in [-0.3, -0.25) is 19.3 Å². The maximum Gasteiger partial charge on any atom is 0.313 e. The van der Waals surface area contributed by atoms with E-state index in [1.54, 1.807) is 4.90 Å². The predicted octanol–water partition coefficient (Wildman–Crippen LogP) is 4.11. The van der Waals surface area contributed by atoms with Gasteiger partial charge in [-0.1, -0.05) is 78.9 Å². The van der Waals surface area contributed by atoms with Crippen molar-refractivity contribution in [3.8, 4) is 0 Å². The molecule has 172 valence electrons. The zero-order chi connectivity index (χ0) is 23.9. The van der Waals surface area contributed by atoms with Crippen LogP contribution in [0.5, 0.6) is 0 Å². The third-order valence-electron chi connectivity index (χ3n) is 6.68. The van der Waals surface area contributed by atoms with Gasteiger partial charge in [-0.2, -0.15) is 0 Å². The number of carbonyl (C=O) groups excluding carboxylic acids is 3. The standard InChI is InChI=1S/C27H23NO5S/c1-32-23(29)21-22(24(30)33-2)27(19-14-8-4-9-15-19)28(20-16-10-5-11-17-20)25(31)26(21,34-27)18-12-6-3-7-13-18/h3-17,21-22H,1-2H3/t21-,22+,26+,27+/m0/s1. The van der Waals surface area contributed by atoms with Gasteiger partial charge in [-0.25, -0.2) is 0 Å². The molecule has 3 aromatic carbocycles. The van der Waals surface area contributed by atoms with Crippen molar-refractivity contribution in [2.24, 2.45) is 11.8 Å². The minimum Gasteiger partial charge on any atom is -0.469 e. The number of esters is 2. The average molecular weight is 474 g/mol. The SMILES string of the molecule is COC(=O)[C@@H]1[C@H](C(=O)OC)[C@@]2(c3ccccc3)S[C@@]1(c1ccccc1)C(=O)N2c1ccccc1. The van der Waals surface area contributed by atoms with Gasteiger partial charge >= 0.3 is 11.9 Å². The van der Waals surface area contributed by atoms with Gasteiger partial charge in [-0.15, -0.1) is 11.8 Å². The second kappa shape index (κ2) is 8.33. The summed E-state index contributed by atoms with van der Waals surface area (Å²) in [7, 11) is 2.58. The summed E-state index contributed by atoms with van der Waals surface area (Å²) in [6, 6.07) is 27.7. The summed E-state index contributed by atoms with van der Waals surface area (Å²) in [6.45, 7) is 0. The van der Waals surface area contributed by atoms with Crippen LogP contribution in [0, 0.1) is 11.8 Å². The number of benzene rings is 3. The summed E-state index contributed by atoms with van der Waals surface area (Å²) < 4.78 is 9.08. The number of nitrogens with zero attached hydrogens (tertiary/aromatic N) is 1. The smallest absolute Gasteiger partial charge is 0.313 e. The van der Waals surface area contributed by atoms with Crippen LogP contribution < -0.4 is 4.90 Å².